The Morgan fingerprint density at radius 3 is 0.886 bits per heavy atom. The fourth-order valence-corrected chi connectivity index (χ4v) is 4.94. The molecule has 212 valence electrons. The Morgan fingerprint density at radius 2 is 0.629 bits per heavy atom. The van der Waals surface area contributed by atoms with E-state index in [1.54, 1.807) is 0 Å². The zero-order valence-electron chi connectivity index (χ0n) is 25.4. The fraction of sp³-hybridized carbons (Fsp3) is 1.00. The molecule has 2 atom stereocenters. The molecule has 0 aliphatic carbocycles. The smallest absolute Gasteiger partial charge is 0.0340 e. The Kier molecular flexibility index (Phi) is 26.8. The van der Waals surface area contributed by atoms with Gasteiger partial charge in [-0.25, -0.2) is 4.94 Å². The zero-order chi connectivity index (χ0) is 26.0. The second-order valence-corrected chi connectivity index (χ2v) is 11.5. The van der Waals surface area contributed by atoms with Crippen LogP contribution in [0.1, 0.15) is 182 Å². The largest absolute Gasteiger partial charge is 0.208 e. The van der Waals surface area contributed by atoms with Gasteiger partial charge in [0.1, 0.15) is 0 Å². The second-order valence-electron chi connectivity index (χ2n) is 11.5. The maximum absolute atomic E-state index is 6.14. The van der Waals surface area contributed by atoms with Crippen LogP contribution in [0.4, 0.5) is 0 Å². The summed E-state index contributed by atoms with van der Waals surface area (Å²) in [4.78, 5) is 6.14. The minimum Gasteiger partial charge on any atom is -0.208 e. The van der Waals surface area contributed by atoms with Crippen LogP contribution in [-0.2, 0) is 4.94 Å². The number of unbranched alkanes of at least 4 members (excludes halogenated alkanes) is 20. The van der Waals surface area contributed by atoms with Gasteiger partial charge in [-0.05, 0) is 26.7 Å². The molecule has 0 aromatic carbocycles. The van der Waals surface area contributed by atoms with Crippen LogP contribution in [0.5, 0.6) is 0 Å². The molecule has 2 unspecified atom stereocenters. The molecular weight excluding hydrogens is 428 g/mol. The predicted molar refractivity (Wildman–Crippen MR) is 158 cm³/mol. The second kappa shape index (κ2) is 26.9. The highest BCUT2D eigenvalue weighted by atomic mass is 16.8. The lowest BCUT2D eigenvalue weighted by Gasteiger charge is -2.31. The van der Waals surface area contributed by atoms with Crippen molar-refractivity contribution in [2.75, 3.05) is 14.1 Å². The molecule has 0 aromatic heterocycles. The quantitative estimate of drug-likeness (QED) is 0.0791. The van der Waals surface area contributed by atoms with Gasteiger partial charge in [-0.15, -0.1) is 0 Å². The van der Waals surface area contributed by atoms with Crippen LogP contribution < -0.4 is 0 Å². The number of hydrogen-bond acceptors (Lipinski definition) is 3. The first kappa shape index (κ1) is 34.9. The molecule has 0 bridgehead atoms. The number of hydrogen-bond donors (Lipinski definition) is 0. The van der Waals surface area contributed by atoms with Crippen molar-refractivity contribution in [2.45, 2.75) is 194 Å². The molecule has 0 aromatic rings. The minimum absolute atomic E-state index is 0.477. The molecule has 35 heavy (non-hydrogen) atoms. The van der Waals surface area contributed by atoms with Crippen molar-refractivity contribution in [3.05, 3.63) is 0 Å². The Hall–Kier alpha value is -0.120. The van der Waals surface area contributed by atoms with Crippen molar-refractivity contribution in [3.63, 3.8) is 0 Å². The number of hydroxylamine groups is 4. The van der Waals surface area contributed by atoms with Gasteiger partial charge in [0.2, 0.25) is 0 Å². The van der Waals surface area contributed by atoms with E-state index in [9.17, 15) is 0 Å². The average Bonchev–Trinajstić information content (AvgIpc) is 2.85. The van der Waals surface area contributed by atoms with Crippen molar-refractivity contribution < 1.29 is 4.94 Å². The molecule has 0 radical (unpaired) electrons. The molecule has 0 N–H and O–H groups in total. The van der Waals surface area contributed by atoms with Gasteiger partial charge in [0.15, 0.2) is 0 Å². The van der Waals surface area contributed by atoms with E-state index in [0.717, 1.165) is 0 Å². The Morgan fingerprint density at radius 1 is 0.400 bits per heavy atom. The third-order valence-corrected chi connectivity index (χ3v) is 7.95. The van der Waals surface area contributed by atoms with Crippen LogP contribution in [0.25, 0.3) is 0 Å². The highest BCUT2D eigenvalue weighted by Crippen LogP contribution is 2.17. The summed E-state index contributed by atoms with van der Waals surface area (Å²) in [6.07, 6.45) is 33.5. The predicted octanol–water partition coefficient (Wildman–Crippen LogP) is 10.9. The summed E-state index contributed by atoms with van der Waals surface area (Å²) in [6.45, 7) is 9.20. The standard InChI is InChI=1S/C32H68N2O/c1-7-9-11-13-15-17-19-21-23-25-27-29-31(3)33(5)35-34(6)32(4)30-28-26-24-22-20-18-16-14-12-10-8-2/h31-32H,7-30H2,1-6H3. The van der Waals surface area contributed by atoms with E-state index < -0.39 is 0 Å². The maximum atomic E-state index is 6.14. The van der Waals surface area contributed by atoms with Gasteiger partial charge in [-0.1, -0.05) is 155 Å². The van der Waals surface area contributed by atoms with Crippen molar-refractivity contribution in [3.8, 4) is 0 Å². The maximum Gasteiger partial charge on any atom is 0.0340 e. The topological polar surface area (TPSA) is 15.7 Å². The molecule has 0 saturated carbocycles. The SMILES string of the molecule is CCCCCCCCCCCCCC(C)N(C)ON(C)C(C)CCCCCCCCCCCCC. The van der Waals surface area contributed by atoms with Gasteiger partial charge in [0, 0.05) is 26.2 Å². The fourth-order valence-electron chi connectivity index (χ4n) is 4.94. The summed E-state index contributed by atoms with van der Waals surface area (Å²) in [5.41, 5.74) is 0. The molecule has 3 nitrogen and oxygen atoms in total. The molecule has 0 spiro atoms. The molecule has 0 rings (SSSR count). The Labute approximate surface area is 223 Å². The van der Waals surface area contributed by atoms with Crippen LogP contribution >= 0.6 is 0 Å². The summed E-state index contributed by atoms with van der Waals surface area (Å²) in [5.74, 6) is 0. The third kappa shape index (κ3) is 24.0. The molecule has 0 aliphatic rings. The van der Waals surface area contributed by atoms with Crippen molar-refractivity contribution in [2.24, 2.45) is 0 Å². The van der Waals surface area contributed by atoms with E-state index in [-0.39, 0.29) is 0 Å². The molecule has 0 saturated heterocycles. The number of rotatable bonds is 28. The van der Waals surface area contributed by atoms with Gasteiger partial charge < -0.3 is 0 Å². The third-order valence-electron chi connectivity index (χ3n) is 7.95. The first-order valence-electron chi connectivity index (χ1n) is 16.2. The molecule has 3 heteroatoms. The van der Waals surface area contributed by atoms with Crippen LogP contribution in [0.3, 0.4) is 0 Å². The monoisotopic (exact) mass is 497 g/mol. The minimum atomic E-state index is 0.477. The average molecular weight is 497 g/mol. The van der Waals surface area contributed by atoms with Gasteiger partial charge >= 0.3 is 0 Å². The van der Waals surface area contributed by atoms with Crippen molar-refractivity contribution in [1.82, 2.24) is 10.1 Å². The summed E-state index contributed by atoms with van der Waals surface area (Å²) in [6, 6.07) is 0.954. The van der Waals surface area contributed by atoms with E-state index in [0.29, 0.717) is 12.1 Å². The van der Waals surface area contributed by atoms with E-state index >= 15 is 0 Å². The van der Waals surface area contributed by atoms with Crippen LogP contribution in [0.2, 0.25) is 0 Å². The Bertz CT molecular complexity index is 367. The number of nitrogens with zero attached hydrogens (tertiary/aromatic N) is 2. The Balaban J connectivity index is 3.59. The van der Waals surface area contributed by atoms with Gasteiger partial charge in [0.05, 0.1) is 0 Å². The van der Waals surface area contributed by atoms with Gasteiger partial charge in [0.25, 0.3) is 0 Å². The van der Waals surface area contributed by atoms with Crippen molar-refractivity contribution in [1.29, 1.82) is 0 Å². The van der Waals surface area contributed by atoms with E-state index in [4.69, 9.17) is 4.94 Å². The summed E-state index contributed by atoms with van der Waals surface area (Å²) < 4.78 is 0. The molecule has 0 amide bonds. The van der Waals surface area contributed by atoms with Crippen molar-refractivity contribution >= 4 is 0 Å². The lowest BCUT2D eigenvalue weighted by atomic mass is 10.0. The lowest BCUT2D eigenvalue weighted by Crippen LogP contribution is -2.40. The lowest BCUT2D eigenvalue weighted by molar-refractivity contribution is -0.331. The van der Waals surface area contributed by atoms with Crippen LogP contribution in [0, 0.1) is 0 Å². The molecular formula is C32H68N2O. The summed E-state index contributed by atoms with van der Waals surface area (Å²) >= 11 is 0. The van der Waals surface area contributed by atoms with E-state index in [2.05, 4.69) is 51.9 Å². The highest BCUT2D eigenvalue weighted by molar-refractivity contribution is 4.60. The summed E-state index contributed by atoms with van der Waals surface area (Å²) in [7, 11) is 4.21. The van der Waals surface area contributed by atoms with E-state index in [1.807, 2.05) is 0 Å². The first-order chi connectivity index (χ1) is 17.0. The zero-order valence-corrected chi connectivity index (χ0v) is 25.4. The van der Waals surface area contributed by atoms with E-state index in [1.165, 1.54) is 154 Å². The highest BCUT2D eigenvalue weighted by Gasteiger charge is 2.16. The van der Waals surface area contributed by atoms with Crippen LogP contribution in [0.15, 0.2) is 0 Å². The molecule has 0 aliphatic heterocycles. The normalized spacial score (nSPS) is 13.7. The summed E-state index contributed by atoms with van der Waals surface area (Å²) in [5, 5.41) is 4.15. The van der Waals surface area contributed by atoms with Gasteiger partial charge in [-0.3, -0.25) is 0 Å². The van der Waals surface area contributed by atoms with Crippen LogP contribution in [-0.4, -0.2) is 36.3 Å². The molecule has 0 heterocycles. The first-order valence-corrected chi connectivity index (χ1v) is 16.2. The van der Waals surface area contributed by atoms with Gasteiger partial charge in [-0.2, -0.15) is 10.1 Å². The molecule has 0 fully saturated rings.